The fraction of sp³-hybridized carbons (Fsp3) is 0.571. The minimum absolute atomic E-state index is 0.0728. The summed E-state index contributed by atoms with van der Waals surface area (Å²) in [6.07, 6.45) is -0.625. The van der Waals surface area contributed by atoms with Crippen molar-refractivity contribution in [3.8, 4) is 11.5 Å². The van der Waals surface area contributed by atoms with Gasteiger partial charge in [0.25, 0.3) is 0 Å². The van der Waals surface area contributed by atoms with Crippen LogP contribution in [0.15, 0.2) is 18.2 Å². The van der Waals surface area contributed by atoms with Crippen LogP contribution >= 0.6 is 0 Å². The first-order valence-electron chi connectivity index (χ1n) is 6.27. The van der Waals surface area contributed by atoms with Crippen molar-refractivity contribution < 1.29 is 24.4 Å². The van der Waals surface area contributed by atoms with Crippen LogP contribution in [0.3, 0.4) is 0 Å². The molecule has 0 saturated heterocycles. The zero-order valence-corrected chi connectivity index (χ0v) is 11.6. The molecule has 0 fully saturated rings. The Balaban J connectivity index is 2.52. The predicted molar refractivity (Wildman–Crippen MR) is 71.5 cm³/mol. The van der Waals surface area contributed by atoms with Gasteiger partial charge in [-0.1, -0.05) is 0 Å². The average Bonchev–Trinajstić information content (AvgIpc) is 2.42. The lowest BCUT2D eigenvalue weighted by atomic mass is 10.2. The van der Waals surface area contributed by atoms with Gasteiger partial charge >= 0.3 is 0 Å². The Morgan fingerprint density at radius 3 is 2.53 bits per heavy atom. The zero-order chi connectivity index (χ0) is 14.3. The summed E-state index contributed by atoms with van der Waals surface area (Å²) in [5.74, 6) is 1.19. The first-order valence-corrected chi connectivity index (χ1v) is 6.27. The number of aliphatic hydroxyl groups is 2. The summed E-state index contributed by atoms with van der Waals surface area (Å²) >= 11 is 0. The Morgan fingerprint density at radius 2 is 1.95 bits per heavy atom. The molecule has 19 heavy (non-hydrogen) atoms. The van der Waals surface area contributed by atoms with Gasteiger partial charge < -0.3 is 24.4 Å². The average molecular weight is 270 g/mol. The molecular weight excluding hydrogens is 248 g/mol. The monoisotopic (exact) mass is 270 g/mol. The topological polar surface area (TPSA) is 68.2 Å². The van der Waals surface area contributed by atoms with Crippen LogP contribution in [0.1, 0.15) is 19.4 Å². The van der Waals surface area contributed by atoms with Gasteiger partial charge in [-0.3, -0.25) is 0 Å². The number of benzene rings is 1. The molecule has 108 valence electrons. The van der Waals surface area contributed by atoms with Crippen molar-refractivity contribution in [3.63, 3.8) is 0 Å². The van der Waals surface area contributed by atoms with Crippen molar-refractivity contribution in [3.05, 3.63) is 23.8 Å². The van der Waals surface area contributed by atoms with Crippen LogP contribution in [-0.2, 0) is 11.3 Å². The number of hydrogen-bond donors (Lipinski definition) is 2. The van der Waals surface area contributed by atoms with E-state index in [1.54, 1.807) is 25.3 Å². The van der Waals surface area contributed by atoms with E-state index in [1.165, 1.54) is 0 Å². The number of ether oxygens (including phenoxy) is 3. The molecule has 0 amide bonds. The highest BCUT2D eigenvalue weighted by atomic mass is 16.5. The Labute approximate surface area is 113 Å². The van der Waals surface area contributed by atoms with Gasteiger partial charge in [0, 0.05) is 5.56 Å². The Kier molecular flexibility index (Phi) is 6.62. The maximum atomic E-state index is 9.69. The summed E-state index contributed by atoms with van der Waals surface area (Å²) in [7, 11) is 1.56. The summed E-state index contributed by atoms with van der Waals surface area (Å²) < 4.78 is 15.8. The molecule has 1 rings (SSSR count). The van der Waals surface area contributed by atoms with E-state index in [-0.39, 0.29) is 25.9 Å². The van der Waals surface area contributed by atoms with E-state index < -0.39 is 6.10 Å². The highest BCUT2D eigenvalue weighted by Crippen LogP contribution is 2.24. The van der Waals surface area contributed by atoms with Crippen LogP contribution in [0.25, 0.3) is 0 Å². The SMILES string of the molecule is COc1ccc(OCC(O)COC(C)C)c(CO)c1. The molecule has 5 heteroatoms. The number of rotatable bonds is 8. The third-order valence-electron chi connectivity index (χ3n) is 2.49. The molecule has 1 aromatic carbocycles. The maximum Gasteiger partial charge on any atom is 0.125 e. The highest BCUT2D eigenvalue weighted by Gasteiger charge is 2.10. The molecule has 1 aromatic rings. The summed E-state index contributed by atoms with van der Waals surface area (Å²) in [5, 5.41) is 18.9. The first-order chi connectivity index (χ1) is 9.06. The van der Waals surface area contributed by atoms with Crippen LogP contribution in [0.2, 0.25) is 0 Å². The predicted octanol–water partition coefficient (Wildman–Crippen LogP) is 1.35. The quantitative estimate of drug-likeness (QED) is 0.746. The molecule has 0 saturated carbocycles. The summed E-state index contributed by atoms with van der Waals surface area (Å²) in [4.78, 5) is 0. The fourth-order valence-corrected chi connectivity index (χ4v) is 1.48. The van der Waals surface area contributed by atoms with Gasteiger partial charge in [-0.15, -0.1) is 0 Å². The molecule has 0 aliphatic heterocycles. The smallest absolute Gasteiger partial charge is 0.125 e. The van der Waals surface area contributed by atoms with Gasteiger partial charge in [0.05, 0.1) is 26.4 Å². The molecule has 0 aromatic heterocycles. The lowest BCUT2D eigenvalue weighted by Gasteiger charge is -2.16. The number of aliphatic hydroxyl groups excluding tert-OH is 2. The van der Waals surface area contributed by atoms with Crippen LogP contribution in [0.4, 0.5) is 0 Å². The minimum atomic E-state index is -0.698. The third kappa shape index (κ3) is 5.46. The summed E-state index contributed by atoms with van der Waals surface area (Å²) in [6.45, 7) is 4.00. The fourth-order valence-electron chi connectivity index (χ4n) is 1.48. The second-order valence-electron chi connectivity index (χ2n) is 4.48. The van der Waals surface area contributed by atoms with E-state index in [9.17, 15) is 10.2 Å². The molecule has 0 spiro atoms. The Morgan fingerprint density at radius 1 is 1.21 bits per heavy atom. The molecular formula is C14H22O5. The molecule has 2 N–H and O–H groups in total. The minimum Gasteiger partial charge on any atom is -0.497 e. The van der Waals surface area contributed by atoms with Gasteiger partial charge in [-0.2, -0.15) is 0 Å². The molecule has 0 radical (unpaired) electrons. The second kappa shape index (κ2) is 7.99. The van der Waals surface area contributed by atoms with Gasteiger partial charge in [-0.05, 0) is 32.0 Å². The molecule has 5 nitrogen and oxygen atoms in total. The largest absolute Gasteiger partial charge is 0.497 e. The van der Waals surface area contributed by atoms with E-state index in [4.69, 9.17) is 14.2 Å². The van der Waals surface area contributed by atoms with Crippen molar-refractivity contribution in [1.29, 1.82) is 0 Å². The van der Waals surface area contributed by atoms with Gasteiger partial charge in [-0.25, -0.2) is 0 Å². The van der Waals surface area contributed by atoms with E-state index in [2.05, 4.69) is 0 Å². The van der Waals surface area contributed by atoms with E-state index >= 15 is 0 Å². The van der Waals surface area contributed by atoms with E-state index in [0.717, 1.165) is 0 Å². The molecule has 1 unspecified atom stereocenters. The lowest BCUT2D eigenvalue weighted by molar-refractivity contribution is -0.0125. The van der Waals surface area contributed by atoms with Gasteiger partial charge in [0.15, 0.2) is 0 Å². The van der Waals surface area contributed by atoms with Crippen LogP contribution < -0.4 is 9.47 Å². The normalized spacial score (nSPS) is 12.5. The molecule has 0 heterocycles. The summed E-state index contributed by atoms with van der Waals surface area (Å²) in [5.41, 5.74) is 0.622. The first kappa shape index (κ1) is 15.8. The molecule has 1 atom stereocenters. The number of methoxy groups -OCH3 is 1. The second-order valence-corrected chi connectivity index (χ2v) is 4.48. The van der Waals surface area contributed by atoms with Crippen molar-refractivity contribution in [1.82, 2.24) is 0 Å². The maximum absolute atomic E-state index is 9.69. The van der Waals surface area contributed by atoms with Crippen molar-refractivity contribution in [2.24, 2.45) is 0 Å². The Bertz CT molecular complexity index is 378. The molecule has 0 bridgehead atoms. The highest BCUT2D eigenvalue weighted by molar-refractivity contribution is 5.39. The van der Waals surface area contributed by atoms with Crippen molar-refractivity contribution in [2.75, 3.05) is 20.3 Å². The van der Waals surface area contributed by atoms with E-state index in [1.807, 2.05) is 13.8 Å². The van der Waals surface area contributed by atoms with Crippen molar-refractivity contribution in [2.45, 2.75) is 32.7 Å². The lowest BCUT2D eigenvalue weighted by Crippen LogP contribution is -2.25. The van der Waals surface area contributed by atoms with Gasteiger partial charge in [0.2, 0.25) is 0 Å². The standard InChI is InChI=1S/C14H22O5/c1-10(2)18-8-12(16)9-19-14-5-4-13(17-3)6-11(14)7-15/h4-6,10,12,15-16H,7-9H2,1-3H3. The molecule has 0 aliphatic carbocycles. The van der Waals surface area contributed by atoms with E-state index in [0.29, 0.717) is 17.1 Å². The van der Waals surface area contributed by atoms with Gasteiger partial charge in [0.1, 0.15) is 24.2 Å². The summed E-state index contributed by atoms with van der Waals surface area (Å²) in [6, 6.07) is 5.15. The van der Waals surface area contributed by atoms with Crippen molar-refractivity contribution >= 4 is 0 Å². The molecule has 0 aliphatic rings. The zero-order valence-electron chi connectivity index (χ0n) is 11.6. The Hall–Kier alpha value is -1.30. The van der Waals surface area contributed by atoms with Crippen LogP contribution in [0.5, 0.6) is 11.5 Å². The van der Waals surface area contributed by atoms with Crippen LogP contribution in [0, 0.1) is 0 Å². The third-order valence-corrected chi connectivity index (χ3v) is 2.49. The number of hydrogen-bond acceptors (Lipinski definition) is 5. The van der Waals surface area contributed by atoms with Crippen LogP contribution in [-0.4, -0.2) is 42.7 Å².